The van der Waals surface area contributed by atoms with E-state index < -0.39 is 29.9 Å². The van der Waals surface area contributed by atoms with Crippen molar-refractivity contribution in [3.8, 4) is 5.75 Å². The van der Waals surface area contributed by atoms with Crippen molar-refractivity contribution < 1.29 is 18.7 Å². The van der Waals surface area contributed by atoms with Crippen LogP contribution in [0.3, 0.4) is 0 Å². The predicted octanol–water partition coefficient (Wildman–Crippen LogP) is 1.07. The fourth-order valence-electron chi connectivity index (χ4n) is 1.48. The second kappa shape index (κ2) is 6.85. The molecule has 0 saturated carbocycles. The molecule has 0 aliphatic carbocycles. The summed E-state index contributed by atoms with van der Waals surface area (Å²) >= 11 is 0. The zero-order valence-electron chi connectivity index (χ0n) is 11.6. The second-order valence-corrected chi connectivity index (χ2v) is 4.30. The maximum absolute atomic E-state index is 13.7. The molecule has 1 aromatic rings. The van der Waals surface area contributed by atoms with Gasteiger partial charge in [-0.1, -0.05) is 6.07 Å². The van der Waals surface area contributed by atoms with E-state index in [1.165, 1.54) is 26.1 Å². The zero-order valence-corrected chi connectivity index (χ0v) is 11.6. The van der Waals surface area contributed by atoms with Crippen molar-refractivity contribution in [1.29, 1.82) is 0 Å². The molecular weight excluding hydrogens is 265 g/mol. The maximum Gasteiger partial charge on any atom is 0.321 e. The Balaban J connectivity index is 2.71. The molecule has 7 heteroatoms. The van der Waals surface area contributed by atoms with Crippen LogP contribution in [0, 0.1) is 5.82 Å². The highest BCUT2D eigenvalue weighted by atomic mass is 19.1. The molecule has 1 rings (SSSR count). The van der Waals surface area contributed by atoms with Crippen LogP contribution in [0.1, 0.15) is 25.5 Å². The van der Waals surface area contributed by atoms with Gasteiger partial charge in [0.1, 0.15) is 11.6 Å². The minimum atomic E-state index is -0.937. The van der Waals surface area contributed by atoms with Gasteiger partial charge in [0.2, 0.25) is 0 Å². The van der Waals surface area contributed by atoms with Gasteiger partial charge in [-0.3, -0.25) is 10.1 Å². The number of nitrogens with two attached hydrogens (primary N) is 1. The van der Waals surface area contributed by atoms with Crippen molar-refractivity contribution in [3.05, 3.63) is 29.6 Å². The first-order chi connectivity index (χ1) is 9.35. The Hall–Kier alpha value is -2.15. The molecule has 0 aliphatic rings. The summed E-state index contributed by atoms with van der Waals surface area (Å²) in [7, 11) is 1.39. The number of nitrogens with one attached hydrogen (secondary N) is 2. The number of imide groups is 1. The van der Waals surface area contributed by atoms with E-state index in [2.05, 4.69) is 10.6 Å². The number of ether oxygens (including phenoxy) is 1. The summed E-state index contributed by atoms with van der Waals surface area (Å²) in [6.45, 7) is 3.12. The summed E-state index contributed by atoms with van der Waals surface area (Å²) in [6, 6.07) is 3.11. The van der Waals surface area contributed by atoms with Gasteiger partial charge in [-0.05, 0) is 19.9 Å². The molecule has 0 spiro atoms. The number of carbonyl (C=O) groups excluding carboxylic acids is 2. The highest BCUT2D eigenvalue weighted by Gasteiger charge is 2.17. The SMILES string of the molecule is CNC(=O)NC(=O)C(C)Oc1ccc([C@H](C)N)c(F)c1. The first-order valence-electron chi connectivity index (χ1n) is 6.09. The van der Waals surface area contributed by atoms with Crippen molar-refractivity contribution in [2.45, 2.75) is 26.0 Å². The Morgan fingerprint density at radius 1 is 1.35 bits per heavy atom. The molecule has 0 bridgehead atoms. The maximum atomic E-state index is 13.7. The van der Waals surface area contributed by atoms with Crippen molar-refractivity contribution in [3.63, 3.8) is 0 Å². The predicted molar refractivity (Wildman–Crippen MR) is 71.7 cm³/mol. The molecule has 4 N–H and O–H groups in total. The average Bonchev–Trinajstić information content (AvgIpc) is 2.37. The van der Waals surface area contributed by atoms with E-state index >= 15 is 0 Å². The smallest absolute Gasteiger partial charge is 0.321 e. The van der Waals surface area contributed by atoms with Gasteiger partial charge in [-0.2, -0.15) is 0 Å². The van der Waals surface area contributed by atoms with Gasteiger partial charge in [0.25, 0.3) is 5.91 Å². The lowest BCUT2D eigenvalue weighted by Crippen LogP contribution is -2.43. The minimum Gasteiger partial charge on any atom is -0.481 e. The number of benzene rings is 1. The topological polar surface area (TPSA) is 93.5 Å². The minimum absolute atomic E-state index is 0.187. The van der Waals surface area contributed by atoms with E-state index in [0.717, 1.165) is 6.07 Å². The van der Waals surface area contributed by atoms with E-state index in [1.54, 1.807) is 6.92 Å². The first kappa shape index (κ1) is 15.9. The molecule has 0 heterocycles. The molecule has 0 fully saturated rings. The summed E-state index contributed by atoms with van der Waals surface area (Å²) in [5.41, 5.74) is 5.96. The lowest BCUT2D eigenvalue weighted by molar-refractivity contribution is -0.126. The standard InChI is InChI=1S/C13H18FN3O3/c1-7(15)10-5-4-9(6-11(10)14)20-8(2)12(18)17-13(19)16-3/h4-8H,15H2,1-3H3,(H2,16,17,18,19)/t7-,8?/m0/s1. The summed E-state index contributed by atoms with van der Waals surface area (Å²) in [4.78, 5) is 22.5. The van der Waals surface area contributed by atoms with Crippen molar-refractivity contribution in [2.24, 2.45) is 5.73 Å². The fourth-order valence-corrected chi connectivity index (χ4v) is 1.48. The summed E-state index contributed by atoms with van der Waals surface area (Å²) in [5.74, 6) is -0.941. The van der Waals surface area contributed by atoms with Gasteiger partial charge in [0, 0.05) is 24.7 Å². The van der Waals surface area contributed by atoms with Crippen LogP contribution in [-0.2, 0) is 4.79 Å². The normalized spacial score (nSPS) is 13.2. The van der Waals surface area contributed by atoms with E-state index in [9.17, 15) is 14.0 Å². The van der Waals surface area contributed by atoms with E-state index in [1.807, 2.05) is 0 Å². The number of hydrogen-bond donors (Lipinski definition) is 3. The van der Waals surface area contributed by atoms with Crippen molar-refractivity contribution in [1.82, 2.24) is 10.6 Å². The van der Waals surface area contributed by atoms with Gasteiger partial charge in [-0.15, -0.1) is 0 Å². The van der Waals surface area contributed by atoms with Crippen molar-refractivity contribution >= 4 is 11.9 Å². The van der Waals surface area contributed by atoms with Gasteiger partial charge in [-0.25, -0.2) is 9.18 Å². The van der Waals surface area contributed by atoms with Crippen molar-refractivity contribution in [2.75, 3.05) is 7.05 Å². The summed E-state index contributed by atoms with van der Waals surface area (Å²) in [6.07, 6.45) is -0.937. The van der Waals surface area contributed by atoms with Gasteiger partial charge in [0.05, 0.1) is 0 Å². The molecular formula is C13H18FN3O3. The zero-order chi connectivity index (χ0) is 15.3. The Bertz CT molecular complexity index is 506. The van der Waals surface area contributed by atoms with Crippen LogP contribution < -0.4 is 21.1 Å². The Kier molecular flexibility index (Phi) is 5.45. The molecule has 3 amide bonds. The number of carbonyl (C=O) groups is 2. The molecule has 20 heavy (non-hydrogen) atoms. The largest absolute Gasteiger partial charge is 0.481 e. The van der Waals surface area contributed by atoms with Crippen LogP contribution >= 0.6 is 0 Å². The van der Waals surface area contributed by atoms with E-state index in [0.29, 0.717) is 5.56 Å². The molecule has 0 aromatic heterocycles. The van der Waals surface area contributed by atoms with Crippen LogP contribution in [0.25, 0.3) is 0 Å². The molecule has 1 unspecified atom stereocenters. The quantitative estimate of drug-likeness (QED) is 0.770. The Morgan fingerprint density at radius 3 is 2.50 bits per heavy atom. The third kappa shape index (κ3) is 4.20. The van der Waals surface area contributed by atoms with Crippen LogP contribution in [0.4, 0.5) is 9.18 Å². The van der Waals surface area contributed by atoms with E-state index in [-0.39, 0.29) is 5.75 Å². The van der Waals surface area contributed by atoms with Crippen LogP contribution in [0.15, 0.2) is 18.2 Å². The Labute approximate surface area is 116 Å². The lowest BCUT2D eigenvalue weighted by Gasteiger charge is -2.15. The molecule has 110 valence electrons. The second-order valence-electron chi connectivity index (χ2n) is 4.30. The Morgan fingerprint density at radius 2 is 2.00 bits per heavy atom. The monoisotopic (exact) mass is 283 g/mol. The van der Waals surface area contributed by atoms with Crippen LogP contribution in [-0.4, -0.2) is 25.1 Å². The highest BCUT2D eigenvalue weighted by molar-refractivity contribution is 5.96. The third-order valence-electron chi connectivity index (χ3n) is 2.61. The van der Waals surface area contributed by atoms with Gasteiger partial charge >= 0.3 is 6.03 Å². The van der Waals surface area contributed by atoms with Crippen LogP contribution in [0.5, 0.6) is 5.75 Å². The molecule has 0 aliphatic heterocycles. The summed E-state index contributed by atoms with van der Waals surface area (Å²) < 4.78 is 19.0. The first-order valence-corrected chi connectivity index (χ1v) is 6.09. The number of amides is 3. The number of halogens is 1. The molecule has 6 nitrogen and oxygen atoms in total. The van der Waals surface area contributed by atoms with Gasteiger partial charge in [0.15, 0.2) is 6.10 Å². The van der Waals surface area contributed by atoms with E-state index in [4.69, 9.17) is 10.5 Å². The molecule has 1 aromatic carbocycles. The third-order valence-corrected chi connectivity index (χ3v) is 2.61. The number of hydrogen-bond acceptors (Lipinski definition) is 4. The number of urea groups is 1. The molecule has 0 saturated heterocycles. The van der Waals surface area contributed by atoms with Gasteiger partial charge < -0.3 is 15.8 Å². The average molecular weight is 283 g/mol. The summed E-state index contributed by atoms with van der Waals surface area (Å²) in [5, 5.41) is 4.31. The highest BCUT2D eigenvalue weighted by Crippen LogP contribution is 2.21. The fraction of sp³-hybridized carbons (Fsp3) is 0.385. The molecule has 2 atom stereocenters. The van der Waals surface area contributed by atoms with Crippen LogP contribution in [0.2, 0.25) is 0 Å². The molecule has 0 radical (unpaired) electrons. The lowest BCUT2D eigenvalue weighted by atomic mass is 10.1. The number of rotatable bonds is 4.